The van der Waals surface area contributed by atoms with Crippen LogP contribution in [0.5, 0.6) is 5.75 Å². The molecule has 0 saturated carbocycles. The summed E-state index contributed by atoms with van der Waals surface area (Å²) in [7, 11) is 0. The van der Waals surface area contributed by atoms with E-state index in [0.29, 0.717) is 0 Å². The first-order valence-corrected chi connectivity index (χ1v) is 6.16. The molecule has 2 heterocycles. The van der Waals surface area contributed by atoms with Crippen molar-refractivity contribution in [3.63, 3.8) is 0 Å². The maximum atomic E-state index is 5.30. The van der Waals surface area contributed by atoms with Gasteiger partial charge in [-0.1, -0.05) is 36.4 Å². The van der Waals surface area contributed by atoms with Gasteiger partial charge in [0.1, 0.15) is 5.75 Å². The van der Waals surface area contributed by atoms with Crippen molar-refractivity contribution >= 4 is 10.9 Å². The van der Waals surface area contributed by atoms with E-state index in [-0.39, 0.29) is 0 Å². The maximum Gasteiger partial charge on any atom is 0.122 e. The largest absolute Gasteiger partial charge is 0.493 e. The van der Waals surface area contributed by atoms with Crippen LogP contribution < -0.4 is 4.74 Å². The fourth-order valence-corrected chi connectivity index (χ4v) is 2.12. The van der Waals surface area contributed by atoms with Crippen LogP contribution in [0.1, 0.15) is 5.56 Å². The summed E-state index contributed by atoms with van der Waals surface area (Å²) in [5.74, 6) is 1.07. The Morgan fingerprint density at radius 1 is 0.889 bits per heavy atom. The van der Waals surface area contributed by atoms with Crippen LogP contribution in [0.25, 0.3) is 10.9 Å². The number of hydrogen-bond donors (Lipinski definition) is 1. The van der Waals surface area contributed by atoms with Gasteiger partial charge in [0.2, 0.25) is 0 Å². The molecule has 0 aliphatic carbocycles. The summed E-state index contributed by atoms with van der Waals surface area (Å²) in [5, 5.41) is 1.28. The summed E-state index contributed by atoms with van der Waals surface area (Å²) in [4.78, 5) is 3.12. The predicted molar refractivity (Wildman–Crippen MR) is 73.9 cm³/mol. The minimum atomic E-state index is 0.860. The van der Waals surface area contributed by atoms with Crippen LogP contribution in [0.2, 0.25) is 0 Å². The van der Waals surface area contributed by atoms with Crippen molar-refractivity contribution in [3.8, 4) is 5.75 Å². The van der Waals surface area contributed by atoms with Gasteiger partial charge in [0.25, 0.3) is 0 Å². The third-order valence-corrected chi connectivity index (χ3v) is 3.06. The Kier molecular flexibility index (Phi) is 3.01. The summed E-state index contributed by atoms with van der Waals surface area (Å²) in [5.41, 5.74) is 2.55. The van der Waals surface area contributed by atoms with Gasteiger partial charge >= 0.3 is 0 Å². The molecule has 90 valence electrons. The monoisotopic (exact) mass is 237 g/mol. The van der Waals surface area contributed by atoms with Crippen molar-refractivity contribution in [1.82, 2.24) is 4.98 Å². The first-order chi connectivity index (χ1) is 8.93. The fourth-order valence-electron chi connectivity index (χ4n) is 2.12. The van der Waals surface area contributed by atoms with Gasteiger partial charge in [-0.05, 0) is 29.1 Å². The summed E-state index contributed by atoms with van der Waals surface area (Å²) in [6.45, 7) is 0.860. The van der Waals surface area contributed by atoms with E-state index in [9.17, 15) is 0 Å². The Labute approximate surface area is 106 Å². The van der Waals surface area contributed by atoms with Gasteiger partial charge in [-0.3, -0.25) is 0 Å². The minimum absolute atomic E-state index is 0.860. The normalized spacial score (nSPS) is 12.4. The highest BCUT2D eigenvalue weighted by Gasteiger charge is 2.08. The lowest BCUT2D eigenvalue weighted by atomic mass is 10.2. The Bertz CT molecular complexity index is 589. The van der Waals surface area contributed by atoms with Gasteiger partial charge in [-0.25, -0.2) is 0 Å². The van der Waals surface area contributed by atoms with E-state index in [0.717, 1.165) is 18.8 Å². The highest BCUT2D eigenvalue weighted by Crippen LogP contribution is 2.23. The smallest absolute Gasteiger partial charge is 0.122 e. The number of aromatic nitrogens is 1. The van der Waals surface area contributed by atoms with Crippen molar-refractivity contribution in [2.75, 3.05) is 6.61 Å². The third-order valence-electron chi connectivity index (χ3n) is 3.06. The van der Waals surface area contributed by atoms with E-state index in [1.165, 1.54) is 16.5 Å². The third kappa shape index (κ3) is 2.23. The number of rotatable bonds is 0. The quantitative estimate of drug-likeness (QED) is 0.632. The number of para-hydroxylation sites is 2. The Morgan fingerprint density at radius 2 is 1.72 bits per heavy atom. The van der Waals surface area contributed by atoms with E-state index in [4.69, 9.17) is 4.74 Å². The number of H-pyrrole nitrogens is 1. The van der Waals surface area contributed by atoms with Crippen LogP contribution in [0, 0.1) is 0 Å². The van der Waals surface area contributed by atoms with Crippen LogP contribution >= 0.6 is 0 Å². The Balaban J connectivity index is 0.000000111. The summed E-state index contributed by atoms with van der Waals surface area (Å²) < 4.78 is 5.30. The average molecular weight is 237 g/mol. The molecule has 2 aromatic carbocycles. The van der Waals surface area contributed by atoms with Gasteiger partial charge in [0, 0.05) is 18.1 Å². The molecular weight excluding hydrogens is 222 g/mol. The Morgan fingerprint density at radius 3 is 2.61 bits per heavy atom. The van der Waals surface area contributed by atoms with E-state index < -0.39 is 0 Å². The average Bonchev–Trinajstić information content (AvgIpc) is 3.08. The zero-order valence-electron chi connectivity index (χ0n) is 10.1. The van der Waals surface area contributed by atoms with Crippen LogP contribution in [0.3, 0.4) is 0 Å². The highest BCUT2D eigenvalue weighted by atomic mass is 16.5. The predicted octanol–water partition coefficient (Wildman–Crippen LogP) is 3.79. The molecule has 0 unspecified atom stereocenters. The van der Waals surface area contributed by atoms with Crippen molar-refractivity contribution in [3.05, 3.63) is 66.4 Å². The van der Waals surface area contributed by atoms with Gasteiger partial charge in [0.05, 0.1) is 6.61 Å². The second-order valence-corrected chi connectivity index (χ2v) is 4.27. The standard InChI is InChI=1S/C8H7N.C8H8O/c2*1-2-4-8-7(3-1)5-6-9-8/h1-6,9H;1-4H,5-6H2. The first kappa shape index (κ1) is 10.9. The van der Waals surface area contributed by atoms with Gasteiger partial charge < -0.3 is 9.72 Å². The number of hydrogen-bond acceptors (Lipinski definition) is 1. The lowest BCUT2D eigenvalue weighted by molar-refractivity contribution is 0.357. The van der Waals surface area contributed by atoms with Crippen LogP contribution in [-0.4, -0.2) is 11.6 Å². The van der Waals surface area contributed by atoms with Crippen molar-refractivity contribution in [1.29, 1.82) is 0 Å². The molecule has 1 N–H and O–H groups in total. The molecular formula is C16H15NO. The van der Waals surface area contributed by atoms with E-state index in [1.807, 2.05) is 36.5 Å². The molecule has 0 amide bonds. The number of fused-ring (bicyclic) bond motifs is 2. The molecule has 0 saturated heterocycles. The van der Waals surface area contributed by atoms with Crippen LogP contribution in [-0.2, 0) is 6.42 Å². The lowest BCUT2D eigenvalue weighted by Crippen LogP contribution is -1.85. The molecule has 2 heteroatoms. The molecule has 0 atom stereocenters. The molecule has 2 nitrogen and oxygen atoms in total. The van der Waals surface area contributed by atoms with E-state index in [1.54, 1.807) is 0 Å². The molecule has 1 aliphatic heterocycles. The second-order valence-electron chi connectivity index (χ2n) is 4.27. The van der Waals surface area contributed by atoms with Gasteiger partial charge in [-0.15, -0.1) is 0 Å². The number of ether oxygens (including phenoxy) is 1. The fraction of sp³-hybridized carbons (Fsp3) is 0.125. The second kappa shape index (κ2) is 4.96. The van der Waals surface area contributed by atoms with Crippen molar-refractivity contribution in [2.24, 2.45) is 0 Å². The highest BCUT2D eigenvalue weighted by molar-refractivity contribution is 5.78. The van der Waals surface area contributed by atoms with Gasteiger partial charge in [0.15, 0.2) is 0 Å². The molecule has 3 aromatic rings. The molecule has 0 bridgehead atoms. The molecule has 18 heavy (non-hydrogen) atoms. The Hall–Kier alpha value is -2.22. The van der Waals surface area contributed by atoms with E-state index in [2.05, 4.69) is 29.2 Å². The van der Waals surface area contributed by atoms with Crippen molar-refractivity contribution in [2.45, 2.75) is 6.42 Å². The van der Waals surface area contributed by atoms with Crippen molar-refractivity contribution < 1.29 is 4.74 Å². The number of benzene rings is 2. The number of aromatic amines is 1. The topological polar surface area (TPSA) is 25.0 Å². The van der Waals surface area contributed by atoms with Gasteiger partial charge in [-0.2, -0.15) is 0 Å². The first-order valence-electron chi connectivity index (χ1n) is 6.16. The van der Waals surface area contributed by atoms with Crippen LogP contribution in [0.4, 0.5) is 0 Å². The zero-order chi connectivity index (χ0) is 12.2. The maximum absolute atomic E-state index is 5.30. The molecule has 0 spiro atoms. The zero-order valence-corrected chi connectivity index (χ0v) is 10.1. The number of nitrogens with one attached hydrogen (secondary N) is 1. The summed E-state index contributed by atoms with van der Waals surface area (Å²) >= 11 is 0. The molecule has 4 rings (SSSR count). The van der Waals surface area contributed by atoms with Crippen LogP contribution in [0.15, 0.2) is 60.8 Å². The molecule has 1 aliphatic rings. The van der Waals surface area contributed by atoms with E-state index >= 15 is 0 Å². The summed E-state index contributed by atoms with van der Waals surface area (Å²) in [6, 6.07) is 18.5. The molecule has 1 aromatic heterocycles. The molecule has 0 fully saturated rings. The molecule has 0 radical (unpaired) electrons. The SMILES string of the molecule is c1ccc2[nH]ccc2c1.c1ccc2c(c1)CCO2. The summed E-state index contributed by atoms with van der Waals surface area (Å²) in [6.07, 6.45) is 3.03. The lowest BCUT2D eigenvalue weighted by Gasteiger charge is -1.93. The minimum Gasteiger partial charge on any atom is -0.493 e.